The van der Waals surface area contributed by atoms with E-state index in [0.29, 0.717) is 0 Å². The zero-order chi connectivity index (χ0) is 10.5. The lowest BCUT2D eigenvalue weighted by atomic mass is 10.2. The van der Waals surface area contributed by atoms with Crippen LogP contribution in [-0.4, -0.2) is 43.5 Å². The van der Waals surface area contributed by atoms with Crippen LogP contribution in [0.15, 0.2) is 28.8 Å². The molecule has 1 N–H and O–H groups in total. The molecule has 0 saturated carbocycles. The van der Waals surface area contributed by atoms with E-state index in [1.165, 1.54) is 11.4 Å². The molecule has 1 saturated heterocycles. The van der Waals surface area contributed by atoms with Crippen LogP contribution in [0.4, 0.5) is 0 Å². The van der Waals surface area contributed by atoms with Crippen LogP contribution in [0.2, 0.25) is 0 Å². The molecule has 15 heavy (non-hydrogen) atoms. The predicted octanol–water partition coefficient (Wildman–Crippen LogP) is 1.20. The van der Waals surface area contributed by atoms with Crippen molar-refractivity contribution in [3.05, 3.63) is 23.8 Å². The summed E-state index contributed by atoms with van der Waals surface area (Å²) in [6.45, 7) is 7.32. The number of hydrogen-bond acceptors (Lipinski definition) is 3. The maximum Gasteiger partial charge on any atom is 0.103 e. The van der Waals surface area contributed by atoms with Crippen molar-refractivity contribution in [2.24, 2.45) is 4.99 Å². The van der Waals surface area contributed by atoms with Gasteiger partial charge in [-0.05, 0) is 6.92 Å². The minimum atomic E-state index is 0.824. The van der Waals surface area contributed by atoms with Crippen LogP contribution in [0.1, 0.15) is 13.3 Å². The number of rotatable bonds is 0. The van der Waals surface area contributed by atoms with Crippen molar-refractivity contribution in [2.75, 3.05) is 32.7 Å². The molecule has 0 bridgehead atoms. The number of aliphatic imine (C=N–C) groups is 1. The van der Waals surface area contributed by atoms with Gasteiger partial charge >= 0.3 is 0 Å². The molecule has 0 aromatic heterocycles. The topological polar surface area (TPSA) is 27.6 Å². The second-order valence-corrected chi connectivity index (χ2v) is 4.05. The first kappa shape index (κ1) is 10.4. The number of nitrogens with zero attached hydrogens (tertiary/aromatic N) is 2. The first-order valence-electron chi connectivity index (χ1n) is 5.68. The smallest absolute Gasteiger partial charge is 0.103 e. The third-order valence-electron chi connectivity index (χ3n) is 2.85. The van der Waals surface area contributed by atoms with E-state index in [-0.39, 0.29) is 0 Å². The highest BCUT2D eigenvalue weighted by Gasteiger charge is 2.13. The second kappa shape index (κ2) is 5.12. The molecule has 2 heterocycles. The number of nitrogens with one attached hydrogen (secondary N) is 1. The van der Waals surface area contributed by atoms with Gasteiger partial charge in [-0.3, -0.25) is 4.99 Å². The van der Waals surface area contributed by atoms with E-state index in [2.05, 4.69) is 40.4 Å². The standard InChI is InChI=1S/C12H19N3/c1-11-3-2-6-14-12(5-4-11)15-9-7-13-8-10-15/h2-4,13H,5-10H2,1H3/b3-2?,11-4-,14-12?. The zero-order valence-electron chi connectivity index (χ0n) is 9.37. The number of amidine groups is 1. The highest BCUT2D eigenvalue weighted by atomic mass is 15.2. The fraction of sp³-hybridized carbons (Fsp3) is 0.583. The van der Waals surface area contributed by atoms with E-state index in [4.69, 9.17) is 0 Å². The van der Waals surface area contributed by atoms with Gasteiger partial charge in [-0.1, -0.05) is 23.8 Å². The normalized spacial score (nSPS) is 26.3. The SMILES string of the molecule is C/C1=C/CC(N2CCNCC2)=NCC=C1. The lowest BCUT2D eigenvalue weighted by Crippen LogP contribution is -2.46. The minimum absolute atomic E-state index is 0.824. The van der Waals surface area contributed by atoms with E-state index in [1.807, 2.05) is 0 Å². The van der Waals surface area contributed by atoms with E-state index in [9.17, 15) is 0 Å². The Kier molecular flexibility index (Phi) is 3.56. The first-order chi connectivity index (χ1) is 7.36. The summed E-state index contributed by atoms with van der Waals surface area (Å²) in [6.07, 6.45) is 7.53. The van der Waals surface area contributed by atoms with Gasteiger partial charge in [0.2, 0.25) is 0 Å². The fourth-order valence-corrected chi connectivity index (χ4v) is 1.93. The molecule has 3 heteroatoms. The molecule has 0 aliphatic carbocycles. The molecular weight excluding hydrogens is 186 g/mol. The van der Waals surface area contributed by atoms with Gasteiger partial charge in [0.1, 0.15) is 5.84 Å². The van der Waals surface area contributed by atoms with Crippen LogP contribution in [-0.2, 0) is 0 Å². The van der Waals surface area contributed by atoms with Gasteiger partial charge in [0.15, 0.2) is 0 Å². The Morgan fingerprint density at radius 2 is 2.13 bits per heavy atom. The largest absolute Gasteiger partial charge is 0.358 e. The first-order valence-corrected chi connectivity index (χ1v) is 5.68. The van der Waals surface area contributed by atoms with Gasteiger partial charge < -0.3 is 10.2 Å². The summed E-state index contributed by atoms with van der Waals surface area (Å²) < 4.78 is 0. The Balaban J connectivity index is 2.04. The zero-order valence-corrected chi connectivity index (χ0v) is 9.37. The Hall–Kier alpha value is -1.09. The van der Waals surface area contributed by atoms with Crippen LogP contribution in [0.25, 0.3) is 0 Å². The average Bonchev–Trinajstić information content (AvgIpc) is 2.25. The maximum absolute atomic E-state index is 4.62. The molecule has 3 nitrogen and oxygen atoms in total. The molecule has 2 aliphatic heterocycles. The van der Waals surface area contributed by atoms with Gasteiger partial charge in [0.05, 0.1) is 6.54 Å². The average molecular weight is 205 g/mol. The van der Waals surface area contributed by atoms with Gasteiger partial charge in [-0.25, -0.2) is 0 Å². The molecule has 2 rings (SSSR count). The van der Waals surface area contributed by atoms with Crippen LogP contribution >= 0.6 is 0 Å². The molecular formula is C12H19N3. The number of allylic oxidation sites excluding steroid dienone is 2. The lowest BCUT2D eigenvalue weighted by Gasteiger charge is -2.30. The number of piperazine rings is 1. The highest BCUT2D eigenvalue weighted by molar-refractivity contribution is 5.84. The minimum Gasteiger partial charge on any atom is -0.358 e. The Morgan fingerprint density at radius 1 is 1.33 bits per heavy atom. The van der Waals surface area contributed by atoms with Crippen molar-refractivity contribution >= 4 is 5.84 Å². The van der Waals surface area contributed by atoms with Crippen molar-refractivity contribution < 1.29 is 0 Å². The van der Waals surface area contributed by atoms with Crippen molar-refractivity contribution in [1.82, 2.24) is 10.2 Å². The van der Waals surface area contributed by atoms with Crippen LogP contribution in [0.3, 0.4) is 0 Å². The molecule has 2 aliphatic rings. The highest BCUT2D eigenvalue weighted by Crippen LogP contribution is 2.07. The van der Waals surface area contributed by atoms with Crippen LogP contribution in [0.5, 0.6) is 0 Å². The summed E-state index contributed by atoms with van der Waals surface area (Å²) in [7, 11) is 0. The van der Waals surface area contributed by atoms with E-state index in [1.54, 1.807) is 0 Å². The predicted molar refractivity (Wildman–Crippen MR) is 64.3 cm³/mol. The fourth-order valence-electron chi connectivity index (χ4n) is 1.93. The Labute approximate surface area is 91.6 Å². The molecule has 0 atom stereocenters. The molecule has 0 aromatic rings. The summed E-state index contributed by atoms with van der Waals surface area (Å²) in [5.74, 6) is 1.25. The Bertz CT molecular complexity index is 296. The number of hydrogen-bond donors (Lipinski definition) is 1. The maximum atomic E-state index is 4.62. The summed E-state index contributed by atoms with van der Waals surface area (Å²) in [4.78, 5) is 7.03. The van der Waals surface area contributed by atoms with Gasteiger partial charge in [-0.2, -0.15) is 0 Å². The van der Waals surface area contributed by atoms with Gasteiger partial charge in [0, 0.05) is 32.6 Å². The second-order valence-electron chi connectivity index (χ2n) is 4.05. The van der Waals surface area contributed by atoms with Crippen molar-refractivity contribution in [1.29, 1.82) is 0 Å². The molecule has 0 spiro atoms. The lowest BCUT2D eigenvalue weighted by molar-refractivity contribution is 0.352. The van der Waals surface area contributed by atoms with Crippen molar-refractivity contribution in [3.8, 4) is 0 Å². The van der Waals surface area contributed by atoms with Crippen LogP contribution in [0, 0.1) is 0 Å². The molecule has 0 unspecified atom stereocenters. The third-order valence-corrected chi connectivity index (χ3v) is 2.85. The molecule has 82 valence electrons. The van der Waals surface area contributed by atoms with Gasteiger partial charge in [0.25, 0.3) is 0 Å². The van der Waals surface area contributed by atoms with Crippen molar-refractivity contribution in [2.45, 2.75) is 13.3 Å². The van der Waals surface area contributed by atoms with E-state index in [0.717, 1.165) is 39.1 Å². The van der Waals surface area contributed by atoms with E-state index < -0.39 is 0 Å². The van der Waals surface area contributed by atoms with Crippen LogP contribution < -0.4 is 5.32 Å². The molecule has 0 aromatic carbocycles. The Morgan fingerprint density at radius 3 is 2.93 bits per heavy atom. The monoisotopic (exact) mass is 205 g/mol. The summed E-state index contributed by atoms with van der Waals surface area (Å²) in [6, 6.07) is 0. The third kappa shape index (κ3) is 2.93. The van der Waals surface area contributed by atoms with Gasteiger partial charge in [-0.15, -0.1) is 0 Å². The molecule has 0 amide bonds. The van der Waals surface area contributed by atoms with E-state index >= 15 is 0 Å². The quantitative estimate of drug-likeness (QED) is 0.643. The van der Waals surface area contributed by atoms with Crippen molar-refractivity contribution in [3.63, 3.8) is 0 Å². The summed E-state index contributed by atoms with van der Waals surface area (Å²) >= 11 is 0. The molecule has 0 radical (unpaired) electrons. The summed E-state index contributed by atoms with van der Waals surface area (Å²) in [5, 5.41) is 3.36. The molecule has 1 fully saturated rings. The summed E-state index contributed by atoms with van der Waals surface area (Å²) in [5.41, 5.74) is 1.34.